The summed E-state index contributed by atoms with van der Waals surface area (Å²) in [5.41, 5.74) is 1.23. The zero-order valence-corrected chi connectivity index (χ0v) is 18.0. The van der Waals surface area contributed by atoms with Crippen LogP contribution in [0.4, 0.5) is 5.69 Å². The molecule has 4 rings (SSSR count). The highest BCUT2D eigenvalue weighted by atomic mass is 31.1. The van der Waals surface area contributed by atoms with Gasteiger partial charge in [0, 0.05) is 19.0 Å². The number of hydrogen-bond acceptors (Lipinski definition) is 3. The predicted molar refractivity (Wildman–Crippen MR) is 124 cm³/mol. The molecule has 0 radical (unpaired) electrons. The normalized spacial score (nSPS) is 16.4. The number of benzene rings is 3. The van der Waals surface area contributed by atoms with Crippen molar-refractivity contribution >= 4 is 29.5 Å². The maximum Gasteiger partial charge on any atom is 0.142 e. The number of anilines is 1. The van der Waals surface area contributed by atoms with Crippen LogP contribution in [0.25, 0.3) is 0 Å². The Morgan fingerprint density at radius 3 is 2.10 bits per heavy atom. The average molecular weight is 405 g/mol. The van der Waals surface area contributed by atoms with Crippen molar-refractivity contribution in [1.82, 2.24) is 0 Å². The summed E-state index contributed by atoms with van der Waals surface area (Å²) in [6.45, 7) is 1.78. The van der Waals surface area contributed by atoms with Crippen LogP contribution in [0.5, 0.6) is 5.75 Å². The van der Waals surface area contributed by atoms with Gasteiger partial charge in [-0.1, -0.05) is 72.8 Å². The second-order valence-electron chi connectivity index (χ2n) is 7.28. The van der Waals surface area contributed by atoms with Crippen molar-refractivity contribution in [3.8, 4) is 5.75 Å². The number of hydrogen-bond donors (Lipinski definition) is 0. The summed E-state index contributed by atoms with van der Waals surface area (Å²) >= 11 is 0. The highest BCUT2D eigenvalue weighted by Gasteiger charge is 2.31. The first-order chi connectivity index (χ1) is 14.3. The quantitative estimate of drug-likeness (QED) is 0.553. The fourth-order valence-corrected chi connectivity index (χ4v) is 6.70. The van der Waals surface area contributed by atoms with Gasteiger partial charge < -0.3 is 14.4 Å². The molecule has 0 bridgehead atoms. The molecule has 29 heavy (non-hydrogen) atoms. The van der Waals surface area contributed by atoms with Crippen LogP contribution < -0.4 is 25.6 Å². The molecule has 0 amide bonds. The molecule has 1 atom stereocenters. The molecule has 3 aromatic rings. The lowest BCUT2D eigenvalue weighted by molar-refractivity contribution is 0.180. The topological polar surface area (TPSA) is 21.7 Å². The lowest BCUT2D eigenvalue weighted by Crippen LogP contribution is -2.37. The third-order valence-corrected chi connectivity index (χ3v) is 7.96. The Labute approximate surface area is 175 Å². The molecule has 3 aromatic carbocycles. The smallest absolute Gasteiger partial charge is 0.142 e. The van der Waals surface area contributed by atoms with Crippen molar-refractivity contribution < 1.29 is 9.47 Å². The Balaban J connectivity index is 1.90. The van der Waals surface area contributed by atoms with E-state index >= 15 is 0 Å². The SMILES string of the molecule is COC[C@@H]1CCCN1c1c(OC)cccc1P(c1ccccc1)c1ccccc1. The van der Waals surface area contributed by atoms with Gasteiger partial charge in [0.1, 0.15) is 5.75 Å². The maximum absolute atomic E-state index is 5.87. The molecule has 1 aliphatic rings. The molecule has 0 unspecified atom stereocenters. The number of para-hydroxylation sites is 1. The van der Waals surface area contributed by atoms with Crippen LogP contribution in [0.1, 0.15) is 12.8 Å². The lowest BCUT2D eigenvalue weighted by Gasteiger charge is -2.32. The van der Waals surface area contributed by atoms with Gasteiger partial charge in [-0.2, -0.15) is 0 Å². The first kappa shape index (κ1) is 19.9. The van der Waals surface area contributed by atoms with Crippen molar-refractivity contribution in [1.29, 1.82) is 0 Å². The minimum absolute atomic E-state index is 0.387. The van der Waals surface area contributed by atoms with Gasteiger partial charge in [0.25, 0.3) is 0 Å². The summed E-state index contributed by atoms with van der Waals surface area (Å²) in [6.07, 6.45) is 2.33. The molecule has 1 heterocycles. The molecular weight excluding hydrogens is 377 g/mol. The molecule has 0 N–H and O–H groups in total. The van der Waals surface area contributed by atoms with Crippen molar-refractivity contribution in [3.05, 3.63) is 78.9 Å². The number of nitrogens with zero attached hydrogens (tertiary/aromatic N) is 1. The van der Waals surface area contributed by atoms with Crippen molar-refractivity contribution in [2.45, 2.75) is 18.9 Å². The molecule has 0 saturated carbocycles. The van der Waals surface area contributed by atoms with Crippen molar-refractivity contribution in [3.63, 3.8) is 0 Å². The molecule has 0 aliphatic carbocycles. The fraction of sp³-hybridized carbons (Fsp3) is 0.280. The van der Waals surface area contributed by atoms with E-state index in [1.807, 2.05) is 0 Å². The molecule has 0 spiro atoms. The zero-order valence-electron chi connectivity index (χ0n) is 17.1. The maximum atomic E-state index is 5.87. The van der Waals surface area contributed by atoms with Crippen LogP contribution >= 0.6 is 7.92 Å². The Bertz CT molecular complexity index is 877. The van der Waals surface area contributed by atoms with E-state index in [4.69, 9.17) is 9.47 Å². The first-order valence-corrected chi connectivity index (χ1v) is 11.5. The number of rotatable bonds is 7. The van der Waals surface area contributed by atoms with Crippen molar-refractivity contribution in [2.75, 3.05) is 32.3 Å². The predicted octanol–water partition coefficient (Wildman–Crippen LogP) is 4.07. The summed E-state index contributed by atoms with van der Waals surface area (Å²) in [5, 5.41) is 4.05. The fourth-order valence-electron chi connectivity index (χ4n) is 4.22. The van der Waals surface area contributed by atoms with Gasteiger partial charge in [-0.25, -0.2) is 0 Å². The van der Waals surface area contributed by atoms with Crippen LogP contribution in [0.15, 0.2) is 78.9 Å². The minimum Gasteiger partial charge on any atom is -0.495 e. The second-order valence-corrected chi connectivity index (χ2v) is 9.46. The average Bonchev–Trinajstić information content (AvgIpc) is 3.23. The van der Waals surface area contributed by atoms with Gasteiger partial charge in [0.15, 0.2) is 0 Å². The van der Waals surface area contributed by atoms with Gasteiger partial charge in [-0.15, -0.1) is 0 Å². The van der Waals surface area contributed by atoms with E-state index in [1.165, 1.54) is 28.0 Å². The zero-order chi connectivity index (χ0) is 20.1. The molecule has 1 saturated heterocycles. The molecule has 1 aliphatic heterocycles. The molecular formula is C25H28NO2P. The number of ether oxygens (including phenoxy) is 2. The summed E-state index contributed by atoms with van der Waals surface area (Å²) in [4.78, 5) is 2.51. The third-order valence-electron chi connectivity index (χ3n) is 5.49. The highest BCUT2D eigenvalue weighted by Crippen LogP contribution is 2.42. The summed E-state index contributed by atoms with van der Waals surface area (Å²) in [7, 11) is 2.87. The molecule has 4 heteroatoms. The van der Waals surface area contributed by atoms with E-state index in [9.17, 15) is 0 Å². The Kier molecular flexibility index (Phi) is 6.49. The van der Waals surface area contributed by atoms with E-state index in [1.54, 1.807) is 14.2 Å². The summed E-state index contributed by atoms with van der Waals surface area (Å²) in [5.74, 6) is 0.949. The van der Waals surface area contributed by atoms with E-state index in [-0.39, 0.29) is 0 Å². The van der Waals surface area contributed by atoms with E-state index in [2.05, 4.69) is 83.8 Å². The van der Waals surface area contributed by atoms with E-state index in [0.717, 1.165) is 25.3 Å². The molecule has 0 aromatic heterocycles. The van der Waals surface area contributed by atoms with E-state index in [0.29, 0.717) is 6.04 Å². The van der Waals surface area contributed by atoms with Gasteiger partial charge in [0.2, 0.25) is 0 Å². The van der Waals surface area contributed by atoms with Crippen LogP contribution in [0.2, 0.25) is 0 Å². The standard InChI is InChI=1S/C25H28NO2P/c1-27-19-20-11-10-18-26(20)25-23(28-2)16-9-17-24(25)29(21-12-5-3-6-13-21)22-14-7-4-8-15-22/h3-9,12-17,20H,10-11,18-19H2,1-2H3/t20-/m0/s1. The van der Waals surface area contributed by atoms with Gasteiger partial charge in [0.05, 0.1) is 25.4 Å². The largest absolute Gasteiger partial charge is 0.495 e. The van der Waals surface area contributed by atoms with Crippen LogP contribution in [-0.2, 0) is 4.74 Å². The van der Waals surface area contributed by atoms with Crippen molar-refractivity contribution in [2.24, 2.45) is 0 Å². The lowest BCUT2D eigenvalue weighted by atomic mass is 10.2. The Morgan fingerprint density at radius 1 is 0.862 bits per heavy atom. The molecule has 150 valence electrons. The van der Waals surface area contributed by atoms with Gasteiger partial charge in [-0.05, 0) is 37.4 Å². The summed E-state index contributed by atoms with van der Waals surface area (Å²) in [6, 6.07) is 28.6. The molecule has 1 fully saturated rings. The van der Waals surface area contributed by atoms with E-state index < -0.39 is 7.92 Å². The van der Waals surface area contributed by atoms with Gasteiger partial charge >= 0.3 is 0 Å². The van der Waals surface area contributed by atoms with Crippen LogP contribution in [0, 0.1) is 0 Å². The number of methoxy groups -OCH3 is 2. The van der Waals surface area contributed by atoms with Crippen LogP contribution in [-0.4, -0.2) is 33.4 Å². The highest BCUT2D eigenvalue weighted by molar-refractivity contribution is 7.80. The Morgan fingerprint density at radius 2 is 1.52 bits per heavy atom. The van der Waals surface area contributed by atoms with Crippen LogP contribution in [0.3, 0.4) is 0 Å². The third kappa shape index (κ3) is 4.17. The first-order valence-electron chi connectivity index (χ1n) is 10.2. The van der Waals surface area contributed by atoms with Gasteiger partial charge in [-0.3, -0.25) is 0 Å². The summed E-state index contributed by atoms with van der Waals surface area (Å²) < 4.78 is 11.4. The monoisotopic (exact) mass is 405 g/mol. The molecule has 3 nitrogen and oxygen atoms in total. The minimum atomic E-state index is -0.696. The second kappa shape index (κ2) is 9.43. The Hall–Kier alpha value is -2.35.